The van der Waals surface area contributed by atoms with Crippen LogP contribution in [0.25, 0.3) is 22.3 Å². The number of carboxylic acid groups (broad SMARTS) is 1. The monoisotopic (exact) mass is 657 g/mol. The Kier molecular flexibility index (Phi) is 9.03. The predicted octanol–water partition coefficient (Wildman–Crippen LogP) is 3.53. The number of carbonyl (C=O) groups excluding carboxylic acids is 2. The average molecular weight is 658 g/mol. The molecule has 13 nitrogen and oxygen atoms in total. The van der Waals surface area contributed by atoms with E-state index in [4.69, 9.17) is 14.2 Å². The first-order valence-electron chi connectivity index (χ1n) is 15.4. The van der Waals surface area contributed by atoms with Gasteiger partial charge in [-0.3, -0.25) is 14.8 Å². The fourth-order valence-electron chi connectivity index (χ4n) is 5.80. The molecule has 2 heterocycles. The predicted molar refractivity (Wildman–Crippen MR) is 170 cm³/mol. The molecule has 0 bridgehead atoms. The van der Waals surface area contributed by atoms with Crippen molar-refractivity contribution in [2.24, 2.45) is 7.05 Å². The third-order valence-corrected chi connectivity index (χ3v) is 8.86. The summed E-state index contributed by atoms with van der Waals surface area (Å²) in [5.41, 5.74) is 3.86. The van der Waals surface area contributed by atoms with Crippen LogP contribution in [0.5, 0.6) is 0 Å². The van der Waals surface area contributed by atoms with Crippen LogP contribution in [0.1, 0.15) is 37.0 Å². The summed E-state index contributed by atoms with van der Waals surface area (Å²) in [4.78, 5) is 37.3. The van der Waals surface area contributed by atoms with Crippen molar-refractivity contribution in [2.45, 2.75) is 62.0 Å². The molecule has 1 aliphatic carbocycles. The highest BCUT2D eigenvalue weighted by atomic mass is 16.7. The molecule has 0 spiro atoms. The van der Waals surface area contributed by atoms with Gasteiger partial charge in [-0.2, -0.15) is 5.10 Å². The molecule has 0 radical (unpaired) electrons. The lowest BCUT2D eigenvalue weighted by molar-refractivity contribution is -0.287. The van der Waals surface area contributed by atoms with Crippen LogP contribution in [0.3, 0.4) is 0 Å². The van der Waals surface area contributed by atoms with Gasteiger partial charge in [0.15, 0.2) is 6.10 Å². The molecule has 6 atom stereocenters. The van der Waals surface area contributed by atoms with Gasteiger partial charge in [0, 0.05) is 12.6 Å². The number of nitrogens with zero attached hydrogens (tertiary/aromatic N) is 2. The van der Waals surface area contributed by atoms with Crippen LogP contribution in [0.2, 0.25) is 0 Å². The first kappa shape index (κ1) is 32.8. The van der Waals surface area contributed by atoms with Crippen molar-refractivity contribution in [3.05, 3.63) is 96.2 Å². The van der Waals surface area contributed by atoms with E-state index in [1.165, 1.54) is 0 Å². The highest BCUT2D eigenvalue weighted by Gasteiger charge is 2.56. The van der Waals surface area contributed by atoms with Crippen molar-refractivity contribution in [2.75, 3.05) is 5.32 Å². The van der Waals surface area contributed by atoms with E-state index in [9.17, 15) is 34.8 Å². The molecule has 2 aliphatic rings. The normalized spacial score (nSPS) is 23.5. The van der Waals surface area contributed by atoms with Gasteiger partial charge in [-0.1, -0.05) is 78.9 Å². The second kappa shape index (κ2) is 13.2. The number of carboxylic acids is 1. The van der Waals surface area contributed by atoms with E-state index in [0.29, 0.717) is 29.8 Å². The summed E-state index contributed by atoms with van der Waals surface area (Å²) in [7, 11) is 1.73. The molecule has 1 aromatic heterocycles. The Bertz CT molecular complexity index is 1790. The molecule has 2 fully saturated rings. The summed E-state index contributed by atoms with van der Waals surface area (Å²) >= 11 is 0. The number of ether oxygens (including phenoxy) is 3. The molecule has 13 heteroatoms. The molecule has 1 amide bonds. The molecule has 6 unspecified atom stereocenters. The van der Waals surface area contributed by atoms with Gasteiger partial charge in [-0.25, -0.2) is 9.59 Å². The van der Waals surface area contributed by atoms with E-state index in [2.05, 4.69) is 10.4 Å². The van der Waals surface area contributed by atoms with Crippen LogP contribution in [0.4, 0.5) is 10.6 Å². The fraction of sp³-hybridized carbons (Fsp3) is 0.314. The highest BCUT2D eigenvalue weighted by Crippen LogP contribution is 2.50. The molecule has 1 aliphatic heterocycles. The van der Waals surface area contributed by atoms with Gasteiger partial charge in [0.2, 0.25) is 6.29 Å². The van der Waals surface area contributed by atoms with Gasteiger partial charge in [0.25, 0.3) is 0 Å². The molecule has 1 saturated carbocycles. The zero-order valence-corrected chi connectivity index (χ0v) is 26.1. The van der Waals surface area contributed by atoms with Crippen LogP contribution in [-0.4, -0.2) is 78.9 Å². The summed E-state index contributed by atoms with van der Waals surface area (Å²) < 4.78 is 17.6. The molecule has 4 aromatic rings. The number of amides is 1. The highest BCUT2D eigenvalue weighted by molar-refractivity contribution is 5.90. The number of aryl methyl sites for hydroxylation is 1. The molecule has 5 N–H and O–H groups in total. The van der Waals surface area contributed by atoms with Gasteiger partial charge < -0.3 is 34.6 Å². The minimum Gasteiger partial charge on any atom is -0.479 e. The quantitative estimate of drug-likeness (QED) is 0.166. The molecule has 48 heavy (non-hydrogen) atoms. The number of carbonyl (C=O) groups is 3. The number of hydrogen-bond acceptors (Lipinski definition) is 10. The van der Waals surface area contributed by atoms with Crippen molar-refractivity contribution >= 4 is 23.8 Å². The maximum atomic E-state index is 13.2. The van der Waals surface area contributed by atoms with Crippen molar-refractivity contribution in [3.8, 4) is 22.3 Å². The molecular formula is C35H35N3O10. The number of rotatable bonds is 9. The number of anilines is 1. The zero-order chi connectivity index (χ0) is 34.2. The van der Waals surface area contributed by atoms with Crippen molar-refractivity contribution < 1.29 is 49.0 Å². The smallest absolute Gasteiger partial charge is 0.413 e. The van der Waals surface area contributed by atoms with Gasteiger partial charge in [-0.15, -0.1) is 0 Å². The second-order valence-corrected chi connectivity index (χ2v) is 12.0. The van der Waals surface area contributed by atoms with Gasteiger partial charge >= 0.3 is 18.0 Å². The first-order valence-corrected chi connectivity index (χ1v) is 15.4. The third-order valence-electron chi connectivity index (χ3n) is 8.86. The lowest BCUT2D eigenvalue weighted by Crippen LogP contribution is -2.60. The average Bonchev–Trinajstić information content (AvgIpc) is 3.83. The van der Waals surface area contributed by atoms with E-state index in [-0.39, 0.29) is 0 Å². The minimum absolute atomic E-state index is 0.441. The van der Waals surface area contributed by atoms with Gasteiger partial charge in [-0.05, 0) is 47.6 Å². The Morgan fingerprint density at radius 3 is 2.10 bits per heavy atom. The molecule has 3 aromatic carbocycles. The first-order chi connectivity index (χ1) is 23.0. The number of aliphatic hydroxyl groups excluding tert-OH is 3. The Balaban J connectivity index is 1.11. The van der Waals surface area contributed by atoms with Crippen LogP contribution in [0.15, 0.2) is 85.1 Å². The molecule has 250 valence electrons. The summed E-state index contributed by atoms with van der Waals surface area (Å²) in [6.07, 6.45) is -7.65. The Morgan fingerprint density at radius 2 is 1.50 bits per heavy atom. The van der Waals surface area contributed by atoms with Crippen LogP contribution < -0.4 is 5.32 Å². The van der Waals surface area contributed by atoms with E-state index in [1.807, 2.05) is 66.7 Å². The Labute approximate surface area is 275 Å². The van der Waals surface area contributed by atoms with Gasteiger partial charge in [0.1, 0.15) is 30.2 Å². The standard InChI is InChI=1S/C35H35N3O10/c1-19(20-6-4-3-5-7-20)46-34(45)37-30-25(18-36-38(30)2)23-10-8-21(9-11-23)22-12-14-24(15-13-22)35(16-17-35)33(44)48-32-28(41)26(39)27(40)29(47-32)31(42)43/h3-15,18-19,26-29,32,39-41H,16-17H2,1-2H3,(H,37,45)(H,42,43). The van der Waals surface area contributed by atoms with E-state index in [0.717, 1.165) is 22.3 Å². The second-order valence-electron chi connectivity index (χ2n) is 12.0. The van der Waals surface area contributed by atoms with E-state index >= 15 is 0 Å². The number of nitrogens with one attached hydrogen (secondary N) is 1. The van der Waals surface area contributed by atoms with E-state index < -0.39 is 60.3 Å². The number of aliphatic carboxylic acids is 1. The number of hydrogen-bond donors (Lipinski definition) is 5. The fourth-order valence-corrected chi connectivity index (χ4v) is 5.80. The maximum absolute atomic E-state index is 13.2. The Morgan fingerprint density at radius 1 is 0.896 bits per heavy atom. The largest absolute Gasteiger partial charge is 0.479 e. The van der Waals surface area contributed by atoms with Crippen molar-refractivity contribution in [1.29, 1.82) is 0 Å². The third kappa shape index (κ3) is 6.40. The summed E-state index contributed by atoms with van der Waals surface area (Å²) in [6, 6.07) is 24.5. The van der Waals surface area contributed by atoms with E-state index in [1.54, 1.807) is 37.0 Å². The number of aromatic nitrogens is 2. The molecular weight excluding hydrogens is 622 g/mol. The summed E-state index contributed by atoms with van der Waals surface area (Å²) in [6.45, 7) is 1.80. The van der Waals surface area contributed by atoms with Crippen LogP contribution in [-0.2, 0) is 36.3 Å². The minimum atomic E-state index is -1.88. The van der Waals surface area contributed by atoms with Crippen molar-refractivity contribution in [1.82, 2.24) is 9.78 Å². The van der Waals surface area contributed by atoms with Crippen LogP contribution >= 0.6 is 0 Å². The van der Waals surface area contributed by atoms with Gasteiger partial charge in [0.05, 0.1) is 11.6 Å². The summed E-state index contributed by atoms with van der Waals surface area (Å²) in [5.74, 6) is -1.81. The SMILES string of the molecule is CC(OC(=O)Nc1c(-c2ccc(-c3ccc(C4(C(=O)OC5OC(C(=O)O)C(O)C(O)C5O)CC4)cc3)cc2)cnn1C)c1ccccc1. The Hall–Kier alpha value is -5.08. The number of aliphatic hydroxyl groups is 3. The lowest BCUT2D eigenvalue weighted by Gasteiger charge is -2.38. The summed E-state index contributed by atoms with van der Waals surface area (Å²) in [5, 5.41) is 46.6. The number of benzene rings is 3. The van der Waals surface area contributed by atoms with Crippen molar-refractivity contribution in [3.63, 3.8) is 0 Å². The zero-order valence-electron chi connectivity index (χ0n) is 26.1. The lowest BCUT2D eigenvalue weighted by atomic mass is 9.93. The number of esters is 1. The topological polar surface area (TPSA) is 190 Å². The molecule has 6 rings (SSSR count). The van der Waals surface area contributed by atoms with Crippen LogP contribution in [0, 0.1) is 0 Å². The molecule has 1 saturated heterocycles. The maximum Gasteiger partial charge on any atom is 0.413 e.